The van der Waals surface area contributed by atoms with Gasteiger partial charge >= 0.3 is 0 Å². The third-order valence-electron chi connectivity index (χ3n) is 3.39. The summed E-state index contributed by atoms with van der Waals surface area (Å²) in [5, 5.41) is 3.17. The van der Waals surface area contributed by atoms with Gasteiger partial charge in [-0.15, -0.1) is 24.0 Å². The molecule has 0 radical (unpaired) electrons. The zero-order chi connectivity index (χ0) is 14.8. The molecule has 21 heavy (non-hydrogen) atoms. The number of unbranched alkanes of at least 4 members (excludes halogenated alkanes) is 1. The quantitative estimate of drug-likeness (QED) is 0.303. The highest BCUT2D eigenvalue weighted by atomic mass is 127. The van der Waals surface area contributed by atoms with E-state index in [-0.39, 0.29) is 24.0 Å². The lowest BCUT2D eigenvalue weighted by Gasteiger charge is -2.18. The summed E-state index contributed by atoms with van der Waals surface area (Å²) in [6.45, 7) is 6.07. The Kier molecular flexibility index (Phi) is 11.1. The summed E-state index contributed by atoms with van der Waals surface area (Å²) in [6, 6.07) is 10.8. The zero-order valence-corrected chi connectivity index (χ0v) is 15.7. The number of rotatable bonds is 8. The second kappa shape index (κ2) is 11.7. The van der Waals surface area contributed by atoms with Crippen molar-refractivity contribution in [3.05, 3.63) is 30.3 Å². The predicted octanol–water partition coefficient (Wildman–Crippen LogP) is 3.22. The van der Waals surface area contributed by atoms with Crippen LogP contribution in [-0.4, -0.2) is 32.1 Å². The minimum absolute atomic E-state index is 0. The van der Waals surface area contributed by atoms with Crippen LogP contribution in [0.15, 0.2) is 35.3 Å². The van der Waals surface area contributed by atoms with E-state index in [4.69, 9.17) is 5.73 Å². The van der Waals surface area contributed by atoms with Crippen LogP contribution in [0, 0.1) is 0 Å². The maximum atomic E-state index is 5.81. The van der Waals surface area contributed by atoms with Gasteiger partial charge in [-0.1, -0.05) is 25.1 Å². The number of aliphatic imine (C=N–C) groups is 1. The monoisotopic (exact) mass is 404 g/mol. The molecule has 0 aliphatic rings. The molecule has 0 bridgehead atoms. The van der Waals surface area contributed by atoms with Crippen molar-refractivity contribution in [1.82, 2.24) is 5.32 Å². The molecule has 1 unspecified atom stereocenters. The van der Waals surface area contributed by atoms with E-state index in [9.17, 15) is 0 Å². The molecule has 1 rings (SSSR count). The fourth-order valence-electron chi connectivity index (χ4n) is 1.87. The van der Waals surface area contributed by atoms with Gasteiger partial charge in [0.05, 0.1) is 0 Å². The number of halogens is 1. The highest BCUT2D eigenvalue weighted by Gasteiger charge is 2.00. The van der Waals surface area contributed by atoms with Crippen molar-refractivity contribution in [1.29, 1.82) is 0 Å². The number of guanidine groups is 1. The van der Waals surface area contributed by atoms with Gasteiger partial charge in [0.15, 0.2) is 5.96 Å². The maximum absolute atomic E-state index is 5.81. The summed E-state index contributed by atoms with van der Waals surface area (Å²) in [6.07, 6.45) is 3.23. The molecule has 0 saturated carbocycles. The first-order valence-corrected chi connectivity index (χ1v) is 7.46. The van der Waals surface area contributed by atoms with E-state index in [0.717, 1.165) is 32.4 Å². The topological polar surface area (TPSA) is 53.6 Å². The van der Waals surface area contributed by atoms with Crippen molar-refractivity contribution in [3.63, 3.8) is 0 Å². The molecule has 5 heteroatoms. The van der Waals surface area contributed by atoms with Crippen LogP contribution in [0.1, 0.15) is 33.1 Å². The predicted molar refractivity (Wildman–Crippen MR) is 104 cm³/mol. The van der Waals surface area contributed by atoms with Gasteiger partial charge in [-0.3, -0.25) is 4.99 Å². The lowest BCUT2D eigenvalue weighted by atomic mass is 10.2. The summed E-state index contributed by atoms with van der Waals surface area (Å²) in [4.78, 5) is 6.61. The molecule has 0 fully saturated rings. The normalized spacial score (nSPS) is 12.4. The smallest absolute Gasteiger partial charge is 0.188 e. The Labute approximate surface area is 146 Å². The van der Waals surface area contributed by atoms with E-state index >= 15 is 0 Å². The Balaban J connectivity index is 0.00000400. The number of nitrogens with zero attached hydrogens (tertiary/aromatic N) is 2. The SMILES string of the molecule is CCC(C)NC(N)=NCCCCN(C)c1ccccc1.I. The largest absolute Gasteiger partial charge is 0.375 e. The fraction of sp³-hybridized carbons (Fsp3) is 0.562. The number of anilines is 1. The molecule has 1 atom stereocenters. The lowest BCUT2D eigenvalue weighted by molar-refractivity contribution is 0.634. The zero-order valence-electron chi connectivity index (χ0n) is 13.4. The molecule has 0 aromatic heterocycles. The van der Waals surface area contributed by atoms with Gasteiger partial charge in [-0.2, -0.15) is 0 Å². The minimum atomic E-state index is 0. The van der Waals surface area contributed by atoms with Gasteiger partial charge in [0, 0.05) is 31.9 Å². The second-order valence-corrected chi connectivity index (χ2v) is 5.18. The molecular formula is C16H29IN4. The molecule has 0 saturated heterocycles. The van der Waals surface area contributed by atoms with Gasteiger partial charge < -0.3 is 16.0 Å². The molecule has 3 N–H and O–H groups in total. The number of nitrogens with two attached hydrogens (primary N) is 1. The van der Waals surface area contributed by atoms with Gasteiger partial charge in [0.1, 0.15) is 0 Å². The Hall–Kier alpha value is -0.980. The molecule has 120 valence electrons. The van der Waals surface area contributed by atoms with Crippen LogP contribution in [0.25, 0.3) is 0 Å². The van der Waals surface area contributed by atoms with Gasteiger partial charge in [0.2, 0.25) is 0 Å². The van der Waals surface area contributed by atoms with Crippen molar-refractivity contribution in [2.24, 2.45) is 10.7 Å². The number of hydrogen-bond acceptors (Lipinski definition) is 2. The van der Waals surface area contributed by atoms with Crippen molar-refractivity contribution in [2.75, 3.05) is 25.0 Å². The van der Waals surface area contributed by atoms with Crippen LogP contribution in [0.4, 0.5) is 5.69 Å². The van der Waals surface area contributed by atoms with E-state index in [1.807, 2.05) is 6.07 Å². The van der Waals surface area contributed by atoms with E-state index in [0.29, 0.717) is 12.0 Å². The number of para-hydroxylation sites is 1. The average molecular weight is 404 g/mol. The molecule has 0 spiro atoms. The Morgan fingerprint density at radius 1 is 1.29 bits per heavy atom. The Morgan fingerprint density at radius 2 is 1.95 bits per heavy atom. The third kappa shape index (κ3) is 8.80. The molecule has 1 aromatic carbocycles. The van der Waals surface area contributed by atoms with Crippen LogP contribution in [0.2, 0.25) is 0 Å². The van der Waals surface area contributed by atoms with Crippen molar-refractivity contribution >= 4 is 35.6 Å². The molecule has 4 nitrogen and oxygen atoms in total. The minimum Gasteiger partial charge on any atom is -0.375 e. The molecule has 0 aliphatic carbocycles. The maximum Gasteiger partial charge on any atom is 0.188 e. The van der Waals surface area contributed by atoms with E-state index in [2.05, 4.69) is 60.4 Å². The molecule has 1 aromatic rings. The summed E-state index contributed by atoms with van der Waals surface area (Å²) in [5.41, 5.74) is 7.07. The molecular weight excluding hydrogens is 375 g/mol. The van der Waals surface area contributed by atoms with Gasteiger partial charge in [-0.05, 0) is 38.3 Å². The lowest BCUT2D eigenvalue weighted by Crippen LogP contribution is -2.38. The summed E-state index contributed by atoms with van der Waals surface area (Å²) < 4.78 is 0. The van der Waals surface area contributed by atoms with Crippen LogP contribution in [0.3, 0.4) is 0 Å². The van der Waals surface area contributed by atoms with Crippen molar-refractivity contribution < 1.29 is 0 Å². The highest BCUT2D eigenvalue weighted by Crippen LogP contribution is 2.11. The second-order valence-electron chi connectivity index (χ2n) is 5.18. The molecule has 0 aliphatic heterocycles. The van der Waals surface area contributed by atoms with Crippen LogP contribution < -0.4 is 16.0 Å². The molecule has 0 heterocycles. The van der Waals surface area contributed by atoms with Gasteiger partial charge in [0.25, 0.3) is 0 Å². The average Bonchev–Trinajstić information content (AvgIpc) is 2.47. The highest BCUT2D eigenvalue weighted by molar-refractivity contribution is 14.0. The number of benzene rings is 1. The fourth-order valence-corrected chi connectivity index (χ4v) is 1.87. The van der Waals surface area contributed by atoms with Crippen LogP contribution in [0.5, 0.6) is 0 Å². The summed E-state index contributed by atoms with van der Waals surface area (Å²) >= 11 is 0. The van der Waals surface area contributed by atoms with Crippen molar-refractivity contribution in [3.8, 4) is 0 Å². The van der Waals surface area contributed by atoms with E-state index in [1.54, 1.807) is 0 Å². The standard InChI is InChI=1S/C16H28N4.HI/c1-4-14(2)19-16(17)18-12-8-9-13-20(3)15-10-6-5-7-11-15;/h5-7,10-11,14H,4,8-9,12-13H2,1-3H3,(H3,17,18,19);1H. The van der Waals surface area contributed by atoms with Gasteiger partial charge in [-0.25, -0.2) is 0 Å². The third-order valence-corrected chi connectivity index (χ3v) is 3.39. The molecule has 0 amide bonds. The number of hydrogen-bond donors (Lipinski definition) is 2. The van der Waals surface area contributed by atoms with Crippen LogP contribution >= 0.6 is 24.0 Å². The van der Waals surface area contributed by atoms with Crippen LogP contribution in [-0.2, 0) is 0 Å². The summed E-state index contributed by atoms with van der Waals surface area (Å²) in [5.74, 6) is 0.566. The first-order valence-electron chi connectivity index (χ1n) is 7.46. The number of nitrogens with one attached hydrogen (secondary N) is 1. The van der Waals surface area contributed by atoms with E-state index < -0.39 is 0 Å². The Morgan fingerprint density at radius 3 is 2.57 bits per heavy atom. The first kappa shape index (κ1) is 20.0. The summed E-state index contributed by atoms with van der Waals surface area (Å²) in [7, 11) is 2.12. The Bertz CT molecular complexity index is 395. The van der Waals surface area contributed by atoms with Crippen molar-refractivity contribution in [2.45, 2.75) is 39.2 Å². The van der Waals surface area contributed by atoms with E-state index in [1.165, 1.54) is 5.69 Å². The first-order chi connectivity index (χ1) is 9.63.